The van der Waals surface area contributed by atoms with E-state index in [1.165, 1.54) is 12.1 Å². The molecule has 0 radical (unpaired) electrons. The monoisotopic (exact) mass is 268 g/mol. The Bertz CT molecular complexity index is 756. The van der Waals surface area contributed by atoms with Gasteiger partial charge in [-0.15, -0.1) is 0 Å². The molecule has 0 saturated carbocycles. The fourth-order valence-electron chi connectivity index (χ4n) is 2.05. The summed E-state index contributed by atoms with van der Waals surface area (Å²) in [5.41, 5.74) is 9.02. The number of nitrogens with two attached hydrogens (primary N) is 1. The van der Waals surface area contributed by atoms with Crippen molar-refractivity contribution in [1.29, 1.82) is 0 Å². The van der Waals surface area contributed by atoms with E-state index in [1.807, 2.05) is 25.1 Å². The summed E-state index contributed by atoms with van der Waals surface area (Å²) in [6.45, 7) is 1.84. The lowest BCUT2D eigenvalue weighted by molar-refractivity contribution is 0.629. The van der Waals surface area contributed by atoms with E-state index in [9.17, 15) is 4.39 Å². The van der Waals surface area contributed by atoms with E-state index in [1.54, 1.807) is 12.3 Å². The SMILES string of the molecule is C[C@@H](N)c1nc2ccc(F)cc2nc1-c1ccccn1. The molecule has 100 valence electrons. The predicted octanol–water partition coefficient (Wildman–Crippen LogP) is 2.85. The molecule has 0 fully saturated rings. The average Bonchev–Trinajstić information content (AvgIpc) is 2.46. The van der Waals surface area contributed by atoms with Gasteiger partial charge in [0.15, 0.2) is 0 Å². The number of halogens is 1. The van der Waals surface area contributed by atoms with E-state index in [0.29, 0.717) is 28.1 Å². The van der Waals surface area contributed by atoms with Crippen molar-refractivity contribution in [3.05, 3.63) is 54.1 Å². The number of hydrogen-bond acceptors (Lipinski definition) is 4. The van der Waals surface area contributed by atoms with Crippen molar-refractivity contribution in [3.63, 3.8) is 0 Å². The highest BCUT2D eigenvalue weighted by molar-refractivity contribution is 5.78. The van der Waals surface area contributed by atoms with Crippen LogP contribution in [0.15, 0.2) is 42.6 Å². The molecular formula is C15H13FN4. The molecule has 0 saturated heterocycles. The molecule has 2 heterocycles. The zero-order valence-electron chi connectivity index (χ0n) is 10.9. The van der Waals surface area contributed by atoms with Crippen LogP contribution in [0.4, 0.5) is 4.39 Å². The molecule has 0 amide bonds. The highest BCUT2D eigenvalue weighted by Gasteiger charge is 2.15. The van der Waals surface area contributed by atoms with E-state index in [0.717, 1.165) is 0 Å². The topological polar surface area (TPSA) is 64.7 Å². The maximum Gasteiger partial charge on any atom is 0.125 e. The maximum absolute atomic E-state index is 13.3. The average molecular weight is 268 g/mol. The van der Waals surface area contributed by atoms with E-state index in [2.05, 4.69) is 15.0 Å². The Balaban J connectivity index is 2.30. The summed E-state index contributed by atoms with van der Waals surface area (Å²) in [6, 6.07) is 9.57. The fraction of sp³-hybridized carbons (Fsp3) is 0.133. The lowest BCUT2D eigenvalue weighted by Gasteiger charge is -2.12. The Morgan fingerprint density at radius 2 is 1.95 bits per heavy atom. The molecule has 3 aromatic rings. The summed E-state index contributed by atoms with van der Waals surface area (Å²) in [5, 5.41) is 0. The van der Waals surface area contributed by atoms with Crippen LogP contribution >= 0.6 is 0 Å². The van der Waals surface area contributed by atoms with Gasteiger partial charge in [-0.2, -0.15) is 0 Å². The molecular weight excluding hydrogens is 255 g/mol. The molecule has 2 aromatic heterocycles. The van der Waals surface area contributed by atoms with Crippen LogP contribution in [0, 0.1) is 5.82 Å². The second kappa shape index (κ2) is 4.94. The first kappa shape index (κ1) is 12.6. The van der Waals surface area contributed by atoms with Crippen molar-refractivity contribution in [2.45, 2.75) is 13.0 Å². The second-order valence-corrected chi connectivity index (χ2v) is 4.59. The van der Waals surface area contributed by atoms with Crippen LogP contribution in [0.1, 0.15) is 18.7 Å². The van der Waals surface area contributed by atoms with Crippen molar-refractivity contribution >= 4 is 11.0 Å². The molecule has 4 nitrogen and oxygen atoms in total. The standard InChI is InChI=1S/C15H13FN4/c1-9(17)14-15(12-4-2-3-7-18-12)20-13-8-10(16)5-6-11(13)19-14/h2-9H,17H2,1H3/t9-/m1/s1. The highest BCUT2D eigenvalue weighted by Crippen LogP contribution is 2.25. The molecule has 5 heteroatoms. The summed E-state index contributed by atoms with van der Waals surface area (Å²) in [7, 11) is 0. The van der Waals surface area contributed by atoms with Gasteiger partial charge in [-0.25, -0.2) is 14.4 Å². The Morgan fingerprint density at radius 3 is 2.65 bits per heavy atom. The molecule has 0 spiro atoms. The van der Waals surface area contributed by atoms with Crippen LogP contribution in [0.3, 0.4) is 0 Å². The van der Waals surface area contributed by atoms with Gasteiger partial charge in [0, 0.05) is 18.3 Å². The van der Waals surface area contributed by atoms with Crippen LogP contribution in [-0.4, -0.2) is 15.0 Å². The van der Waals surface area contributed by atoms with E-state index in [-0.39, 0.29) is 11.9 Å². The first-order valence-corrected chi connectivity index (χ1v) is 6.29. The number of rotatable bonds is 2. The molecule has 0 bridgehead atoms. The number of hydrogen-bond donors (Lipinski definition) is 1. The van der Waals surface area contributed by atoms with Gasteiger partial charge in [0.25, 0.3) is 0 Å². The summed E-state index contributed by atoms with van der Waals surface area (Å²) >= 11 is 0. The van der Waals surface area contributed by atoms with Gasteiger partial charge in [0.2, 0.25) is 0 Å². The fourth-order valence-corrected chi connectivity index (χ4v) is 2.05. The molecule has 20 heavy (non-hydrogen) atoms. The normalized spacial score (nSPS) is 12.6. The molecule has 0 unspecified atom stereocenters. The largest absolute Gasteiger partial charge is 0.323 e. The summed E-state index contributed by atoms with van der Waals surface area (Å²) in [6.07, 6.45) is 1.68. The van der Waals surface area contributed by atoms with Crippen molar-refractivity contribution < 1.29 is 4.39 Å². The third kappa shape index (κ3) is 2.23. The molecule has 1 aromatic carbocycles. The van der Waals surface area contributed by atoms with Crippen LogP contribution in [0.5, 0.6) is 0 Å². The summed E-state index contributed by atoms with van der Waals surface area (Å²) < 4.78 is 13.3. The third-order valence-corrected chi connectivity index (χ3v) is 2.99. The van der Waals surface area contributed by atoms with Crippen molar-refractivity contribution in [2.24, 2.45) is 5.73 Å². The van der Waals surface area contributed by atoms with Crippen LogP contribution in [-0.2, 0) is 0 Å². The number of fused-ring (bicyclic) bond motifs is 1. The van der Waals surface area contributed by atoms with Gasteiger partial charge in [0.1, 0.15) is 11.5 Å². The zero-order chi connectivity index (χ0) is 14.1. The van der Waals surface area contributed by atoms with E-state index in [4.69, 9.17) is 5.73 Å². The molecule has 0 aliphatic carbocycles. The zero-order valence-corrected chi connectivity index (χ0v) is 10.9. The minimum Gasteiger partial charge on any atom is -0.323 e. The number of pyridine rings is 1. The van der Waals surface area contributed by atoms with Gasteiger partial charge < -0.3 is 5.73 Å². The predicted molar refractivity (Wildman–Crippen MR) is 75.3 cm³/mol. The Morgan fingerprint density at radius 1 is 1.10 bits per heavy atom. The number of benzene rings is 1. The molecule has 1 atom stereocenters. The Hall–Kier alpha value is -2.40. The van der Waals surface area contributed by atoms with Gasteiger partial charge in [-0.05, 0) is 31.2 Å². The second-order valence-electron chi connectivity index (χ2n) is 4.59. The number of nitrogens with zero attached hydrogens (tertiary/aromatic N) is 3. The maximum atomic E-state index is 13.3. The van der Waals surface area contributed by atoms with Crippen LogP contribution in [0.25, 0.3) is 22.4 Å². The van der Waals surface area contributed by atoms with Gasteiger partial charge in [-0.3, -0.25) is 4.98 Å². The molecule has 0 aliphatic heterocycles. The molecule has 2 N–H and O–H groups in total. The minimum atomic E-state index is -0.340. The first-order chi connectivity index (χ1) is 9.65. The quantitative estimate of drug-likeness (QED) is 0.776. The van der Waals surface area contributed by atoms with E-state index < -0.39 is 0 Å². The lowest BCUT2D eigenvalue weighted by atomic mass is 10.1. The summed E-state index contributed by atoms with van der Waals surface area (Å²) in [4.78, 5) is 13.2. The van der Waals surface area contributed by atoms with Crippen LogP contribution < -0.4 is 5.73 Å². The minimum absolute atomic E-state index is 0.283. The number of aromatic nitrogens is 3. The van der Waals surface area contributed by atoms with E-state index >= 15 is 0 Å². The highest BCUT2D eigenvalue weighted by atomic mass is 19.1. The van der Waals surface area contributed by atoms with Gasteiger partial charge in [-0.1, -0.05) is 6.07 Å². The van der Waals surface area contributed by atoms with Gasteiger partial charge >= 0.3 is 0 Å². The molecule has 3 rings (SSSR count). The summed E-state index contributed by atoms with van der Waals surface area (Å²) in [5.74, 6) is -0.340. The third-order valence-electron chi connectivity index (χ3n) is 2.99. The van der Waals surface area contributed by atoms with Crippen molar-refractivity contribution in [2.75, 3.05) is 0 Å². The van der Waals surface area contributed by atoms with Gasteiger partial charge in [0.05, 0.1) is 22.4 Å². The first-order valence-electron chi connectivity index (χ1n) is 6.29. The van der Waals surface area contributed by atoms with Crippen molar-refractivity contribution in [3.8, 4) is 11.4 Å². The Kier molecular flexibility index (Phi) is 3.12. The molecule has 0 aliphatic rings. The lowest BCUT2D eigenvalue weighted by Crippen LogP contribution is -2.11. The smallest absolute Gasteiger partial charge is 0.125 e. The van der Waals surface area contributed by atoms with Crippen molar-refractivity contribution in [1.82, 2.24) is 15.0 Å². The Labute approximate surface area is 115 Å². The van der Waals surface area contributed by atoms with Crippen LogP contribution in [0.2, 0.25) is 0 Å².